The van der Waals surface area contributed by atoms with Gasteiger partial charge in [-0.25, -0.2) is 26.7 Å². The van der Waals surface area contributed by atoms with Crippen molar-refractivity contribution in [3.05, 3.63) is 82.3 Å². The molecule has 246 valence electrons. The zero-order valence-electron chi connectivity index (χ0n) is 24.9. The SMILES string of the molecule is CN1CCN(c2cc(C(N)=O)c(C(=O)Nc3n[nH]c4c3CN(S(=O)(=O)c3cc(F)cc(F)c3)CC4)cc2-n2cc(C(=O)O)cn2)CC1. The zero-order valence-corrected chi connectivity index (χ0v) is 25.7. The summed E-state index contributed by atoms with van der Waals surface area (Å²) in [5.41, 5.74) is 7.05. The van der Waals surface area contributed by atoms with Gasteiger partial charge in [0.15, 0.2) is 5.82 Å². The van der Waals surface area contributed by atoms with Crippen molar-refractivity contribution >= 4 is 39.3 Å². The van der Waals surface area contributed by atoms with Crippen molar-refractivity contribution in [3.8, 4) is 5.69 Å². The molecule has 2 aliphatic rings. The molecule has 1 saturated heterocycles. The smallest absolute Gasteiger partial charge is 0.338 e. The second-order valence-corrected chi connectivity index (χ2v) is 13.1. The molecule has 1 fully saturated rings. The molecule has 4 aromatic rings. The summed E-state index contributed by atoms with van der Waals surface area (Å²) in [7, 11) is -2.35. The molecular formula is C29H29F2N9O6S. The lowest BCUT2D eigenvalue weighted by molar-refractivity contribution is 0.0696. The van der Waals surface area contributed by atoms with Crippen molar-refractivity contribution in [2.75, 3.05) is 50.0 Å². The Morgan fingerprint density at radius 3 is 2.30 bits per heavy atom. The fourth-order valence-corrected chi connectivity index (χ4v) is 7.05. The van der Waals surface area contributed by atoms with E-state index in [0.29, 0.717) is 54.9 Å². The van der Waals surface area contributed by atoms with Crippen LogP contribution in [-0.2, 0) is 23.0 Å². The van der Waals surface area contributed by atoms with Crippen LogP contribution in [0.1, 0.15) is 42.3 Å². The third-order valence-electron chi connectivity index (χ3n) is 8.15. The molecular weight excluding hydrogens is 640 g/mol. The van der Waals surface area contributed by atoms with Gasteiger partial charge >= 0.3 is 5.97 Å². The molecule has 4 heterocycles. The molecule has 18 heteroatoms. The number of nitrogens with two attached hydrogens (primary N) is 1. The van der Waals surface area contributed by atoms with Crippen LogP contribution in [0.2, 0.25) is 0 Å². The Kier molecular flexibility index (Phi) is 8.24. The molecule has 0 spiro atoms. The van der Waals surface area contributed by atoms with E-state index in [4.69, 9.17) is 5.73 Å². The molecule has 0 saturated carbocycles. The molecule has 0 bridgehead atoms. The fraction of sp³-hybridized carbons (Fsp3) is 0.276. The van der Waals surface area contributed by atoms with E-state index >= 15 is 0 Å². The van der Waals surface area contributed by atoms with E-state index < -0.39 is 44.3 Å². The topological polar surface area (TPSA) is 200 Å². The average Bonchev–Trinajstić information content (AvgIpc) is 3.68. The molecule has 47 heavy (non-hydrogen) atoms. The summed E-state index contributed by atoms with van der Waals surface area (Å²) in [5.74, 6) is -5.02. The lowest BCUT2D eigenvalue weighted by Crippen LogP contribution is -2.45. The first kappa shape index (κ1) is 31.8. The summed E-state index contributed by atoms with van der Waals surface area (Å²) in [4.78, 5) is 41.6. The first-order chi connectivity index (χ1) is 22.3. The maximum atomic E-state index is 13.8. The van der Waals surface area contributed by atoms with Crippen LogP contribution >= 0.6 is 0 Å². The summed E-state index contributed by atoms with van der Waals surface area (Å²) in [6, 6.07) is 4.86. The summed E-state index contributed by atoms with van der Waals surface area (Å²) >= 11 is 0. The van der Waals surface area contributed by atoms with Crippen LogP contribution in [0.5, 0.6) is 0 Å². The molecule has 2 aromatic heterocycles. The number of nitrogens with zero attached hydrogens (tertiary/aromatic N) is 6. The van der Waals surface area contributed by atoms with Crippen LogP contribution in [0.4, 0.5) is 20.3 Å². The van der Waals surface area contributed by atoms with Crippen molar-refractivity contribution in [2.24, 2.45) is 5.73 Å². The number of hydrogen-bond donors (Lipinski definition) is 4. The number of fused-ring (bicyclic) bond motifs is 1. The van der Waals surface area contributed by atoms with Crippen LogP contribution < -0.4 is 16.0 Å². The van der Waals surface area contributed by atoms with Gasteiger partial charge in [0.05, 0.1) is 39.2 Å². The van der Waals surface area contributed by atoms with E-state index in [1.807, 2.05) is 11.9 Å². The molecule has 15 nitrogen and oxygen atoms in total. The van der Waals surface area contributed by atoms with Crippen LogP contribution in [-0.4, -0.2) is 100 Å². The Bertz CT molecular complexity index is 2000. The number of carbonyl (C=O) groups excluding carboxylic acids is 2. The fourth-order valence-electron chi connectivity index (χ4n) is 5.60. The summed E-state index contributed by atoms with van der Waals surface area (Å²) < 4.78 is 56.5. The highest BCUT2D eigenvalue weighted by Crippen LogP contribution is 2.32. The molecule has 0 unspecified atom stereocenters. The van der Waals surface area contributed by atoms with Gasteiger partial charge in [-0.15, -0.1) is 0 Å². The minimum absolute atomic E-state index is 0.0197. The van der Waals surface area contributed by atoms with Crippen LogP contribution in [0.15, 0.2) is 47.6 Å². The number of aromatic nitrogens is 4. The zero-order chi connectivity index (χ0) is 33.6. The monoisotopic (exact) mass is 669 g/mol. The Morgan fingerprint density at radius 2 is 1.66 bits per heavy atom. The van der Waals surface area contributed by atoms with E-state index in [1.165, 1.54) is 23.0 Å². The minimum Gasteiger partial charge on any atom is -0.478 e. The third-order valence-corrected chi connectivity index (χ3v) is 9.97. The van der Waals surface area contributed by atoms with Gasteiger partial charge in [-0.1, -0.05) is 0 Å². The highest BCUT2D eigenvalue weighted by molar-refractivity contribution is 7.89. The van der Waals surface area contributed by atoms with Gasteiger partial charge in [0, 0.05) is 69.2 Å². The number of likely N-dealkylation sites (N-methyl/N-ethyl adjacent to an activating group) is 1. The van der Waals surface area contributed by atoms with Crippen molar-refractivity contribution in [1.29, 1.82) is 0 Å². The Labute approximate surface area is 266 Å². The van der Waals surface area contributed by atoms with Crippen molar-refractivity contribution in [1.82, 2.24) is 29.2 Å². The summed E-state index contributed by atoms with van der Waals surface area (Å²) in [6.45, 7) is 2.26. The van der Waals surface area contributed by atoms with Gasteiger partial charge in [0.2, 0.25) is 15.9 Å². The number of hydrogen-bond acceptors (Lipinski definition) is 9. The number of sulfonamides is 1. The van der Waals surface area contributed by atoms with Gasteiger partial charge in [-0.05, 0) is 31.3 Å². The number of carboxylic acid groups (broad SMARTS) is 1. The number of carboxylic acids is 1. The van der Waals surface area contributed by atoms with Gasteiger partial charge in [-0.3, -0.25) is 14.7 Å². The van der Waals surface area contributed by atoms with Gasteiger partial charge in [0.1, 0.15) is 11.6 Å². The second-order valence-electron chi connectivity index (χ2n) is 11.2. The maximum Gasteiger partial charge on any atom is 0.338 e. The highest BCUT2D eigenvalue weighted by atomic mass is 32.2. The van der Waals surface area contributed by atoms with E-state index in [9.17, 15) is 36.7 Å². The van der Waals surface area contributed by atoms with Gasteiger partial charge < -0.3 is 26.0 Å². The van der Waals surface area contributed by atoms with Gasteiger partial charge in [-0.2, -0.15) is 14.5 Å². The largest absolute Gasteiger partial charge is 0.478 e. The van der Waals surface area contributed by atoms with Crippen LogP contribution in [0.25, 0.3) is 5.69 Å². The maximum absolute atomic E-state index is 13.8. The van der Waals surface area contributed by atoms with E-state index in [-0.39, 0.29) is 42.0 Å². The predicted octanol–water partition coefficient (Wildman–Crippen LogP) is 1.42. The quantitative estimate of drug-likeness (QED) is 0.213. The van der Waals surface area contributed by atoms with Gasteiger partial charge in [0.25, 0.3) is 5.91 Å². The predicted molar refractivity (Wildman–Crippen MR) is 163 cm³/mol. The minimum atomic E-state index is -4.32. The Balaban J connectivity index is 1.35. The van der Waals surface area contributed by atoms with E-state index in [1.54, 1.807) is 0 Å². The Hall–Kier alpha value is -5.20. The van der Waals surface area contributed by atoms with E-state index in [2.05, 4.69) is 25.5 Å². The van der Waals surface area contributed by atoms with Crippen LogP contribution in [0.3, 0.4) is 0 Å². The number of rotatable bonds is 8. The lowest BCUT2D eigenvalue weighted by Gasteiger charge is -2.35. The number of aromatic amines is 1. The van der Waals surface area contributed by atoms with Crippen molar-refractivity contribution < 1.29 is 36.7 Å². The standard InChI is InChI=1S/C29H29F2N9O6S/c1-37-4-6-38(7-5-37)24-11-20(26(32)41)21(12-25(24)40-14-16(13-33-40)29(43)44)28(42)34-27-22-15-39(3-2-23(22)35-36-27)47(45,46)19-9-17(30)8-18(31)10-19/h8-14H,2-7,15H2,1H3,(H2,32,41)(H,43,44)(H2,34,35,36,42). The number of aromatic carboxylic acids is 1. The molecule has 2 aliphatic heterocycles. The first-order valence-electron chi connectivity index (χ1n) is 14.3. The molecule has 2 aromatic carbocycles. The molecule has 0 aliphatic carbocycles. The molecule has 0 atom stereocenters. The number of benzene rings is 2. The number of primary amides is 1. The lowest BCUT2D eigenvalue weighted by atomic mass is 10.0. The number of amides is 2. The molecule has 5 N–H and O–H groups in total. The van der Waals surface area contributed by atoms with E-state index in [0.717, 1.165) is 22.6 Å². The Morgan fingerprint density at radius 1 is 0.979 bits per heavy atom. The second kappa shape index (κ2) is 12.2. The van der Waals surface area contributed by atoms with Crippen molar-refractivity contribution in [2.45, 2.75) is 17.9 Å². The number of carbonyl (C=O) groups is 3. The highest BCUT2D eigenvalue weighted by Gasteiger charge is 2.33. The number of piperazine rings is 1. The van der Waals surface area contributed by atoms with Crippen molar-refractivity contribution in [3.63, 3.8) is 0 Å². The summed E-state index contributed by atoms with van der Waals surface area (Å²) in [6.07, 6.45) is 2.61. The normalized spacial score (nSPS) is 15.8. The van der Waals surface area contributed by atoms with Crippen LogP contribution in [0, 0.1) is 11.6 Å². The molecule has 6 rings (SSSR count). The first-order valence-corrected chi connectivity index (χ1v) is 15.8. The number of H-pyrrole nitrogens is 1. The summed E-state index contributed by atoms with van der Waals surface area (Å²) in [5, 5.41) is 23.2. The number of nitrogens with one attached hydrogen (secondary N) is 2. The molecule has 2 amide bonds. The average molecular weight is 670 g/mol. The number of anilines is 2. The third kappa shape index (κ3) is 6.17. The number of halogens is 2. The molecule has 0 radical (unpaired) electrons.